The van der Waals surface area contributed by atoms with Crippen molar-refractivity contribution >= 4 is 11.3 Å². The van der Waals surface area contributed by atoms with Crippen LogP contribution in [0.15, 0.2) is 11.6 Å². The van der Waals surface area contributed by atoms with E-state index in [1.807, 2.05) is 19.4 Å². The molecular weight excluding hydrogens is 365 g/mol. The van der Waals surface area contributed by atoms with Crippen LogP contribution in [-0.4, -0.2) is 40.1 Å². The van der Waals surface area contributed by atoms with E-state index in [-0.39, 0.29) is 6.10 Å². The van der Waals surface area contributed by atoms with Crippen LogP contribution in [0, 0.1) is 5.92 Å². The van der Waals surface area contributed by atoms with Gasteiger partial charge in [-0.3, -0.25) is 0 Å². The van der Waals surface area contributed by atoms with Crippen molar-refractivity contribution in [3.05, 3.63) is 33.8 Å². The summed E-state index contributed by atoms with van der Waals surface area (Å²) < 4.78 is 45.4. The van der Waals surface area contributed by atoms with Crippen LogP contribution in [0.5, 0.6) is 0 Å². The maximum absolute atomic E-state index is 12.8. The van der Waals surface area contributed by atoms with Gasteiger partial charge < -0.3 is 14.2 Å². The van der Waals surface area contributed by atoms with Crippen LogP contribution in [0.2, 0.25) is 0 Å². The predicted molar refractivity (Wildman–Crippen MR) is 92.9 cm³/mol. The summed E-state index contributed by atoms with van der Waals surface area (Å²) in [6.07, 6.45) is -1.82. The van der Waals surface area contributed by atoms with Crippen LogP contribution in [0.1, 0.15) is 41.7 Å². The molecule has 5 nitrogen and oxygen atoms in total. The van der Waals surface area contributed by atoms with E-state index < -0.39 is 11.9 Å². The summed E-state index contributed by atoms with van der Waals surface area (Å²) in [6.45, 7) is 4.07. The number of rotatable bonds is 6. The zero-order chi connectivity index (χ0) is 18.9. The van der Waals surface area contributed by atoms with Gasteiger partial charge in [0.25, 0.3) is 0 Å². The smallest absolute Gasteiger partial charge is 0.375 e. The maximum atomic E-state index is 12.8. The van der Waals surface area contributed by atoms with E-state index in [9.17, 15) is 13.2 Å². The zero-order valence-corrected chi connectivity index (χ0v) is 15.9. The SMILES string of the molecule is CO[C@@H](C)c1nc(CN(C)C[C@H]2CCc3nc(C(F)(F)F)cn3C2)cs1. The lowest BCUT2D eigenvalue weighted by atomic mass is 9.99. The molecular formula is C17H23F3N4OS. The Kier molecular flexibility index (Phi) is 5.69. The van der Waals surface area contributed by atoms with Crippen LogP contribution in [-0.2, 0) is 30.4 Å². The molecule has 2 aromatic heterocycles. The normalized spacial score (nSPS) is 19.0. The highest BCUT2D eigenvalue weighted by Gasteiger charge is 2.35. The highest BCUT2D eigenvalue weighted by molar-refractivity contribution is 7.09. The van der Waals surface area contributed by atoms with Gasteiger partial charge in [0.05, 0.1) is 5.69 Å². The number of aryl methyl sites for hydroxylation is 1. The number of halogens is 3. The van der Waals surface area contributed by atoms with Crippen molar-refractivity contribution in [2.24, 2.45) is 5.92 Å². The van der Waals surface area contributed by atoms with E-state index in [0.29, 0.717) is 31.3 Å². The molecule has 3 heterocycles. The van der Waals surface area contributed by atoms with Crippen LogP contribution >= 0.6 is 11.3 Å². The largest absolute Gasteiger partial charge is 0.434 e. The summed E-state index contributed by atoms with van der Waals surface area (Å²) in [5, 5.41) is 2.99. The Balaban J connectivity index is 1.56. The Bertz CT molecular complexity index is 743. The number of fused-ring (bicyclic) bond motifs is 1. The molecule has 0 spiro atoms. The lowest BCUT2D eigenvalue weighted by Crippen LogP contribution is -2.31. The molecule has 26 heavy (non-hydrogen) atoms. The quantitative estimate of drug-likeness (QED) is 0.756. The first kappa shape index (κ1) is 19.3. The number of ether oxygens (including phenoxy) is 1. The van der Waals surface area contributed by atoms with Crippen LogP contribution in [0.25, 0.3) is 0 Å². The van der Waals surface area contributed by atoms with Crippen molar-refractivity contribution in [1.29, 1.82) is 0 Å². The molecule has 3 rings (SSSR count). The number of alkyl halides is 3. The second-order valence-electron chi connectivity index (χ2n) is 6.85. The van der Waals surface area contributed by atoms with E-state index in [1.54, 1.807) is 23.0 Å². The molecule has 0 saturated heterocycles. The fourth-order valence-electron chi connectivity index (χ4n) is 3.26. The number of imidazole rings is 1. The lowest BCUT2D eigenvalue weighted by molar-refractivity contribution is -0.141. The van der Waals surface area contributed by atoms with Gasteiger partial charge in [-0.05, 0) is 26.3 Å². The minimum atomic E-state index is -4.38. The van der Waals surface area contributed by atoms with Gasteiger partial charge in [0.2, 0.25) is 0 Å². The second kappa shape index (κ2) is 7.66. The molecule has 0 fully saturated rings. The number of methoxy groups -OCH3 is 1. The third kappa shape index (κ3) is 4.44. The molecule has 0 bridgehead atoms. The minimum Gasteiger partial charge on any atom is -0.375 e. The van der Waals surface area contributed by atoms with Crippen LogP contribution < -0.4 is 0 Å². The monoisotopic (exact) mass is 388 g/mol. The van der Waals surface area contributed by atoms with Crippen LogP contribution in [0.3, 0.4) is 0 Å². The van der Waals surface area contributed by atoms with Gasteiger partial charge in [0.1, 0.15) is 16.9 Å². The van der Waals surface area contributed by atoms with Crippen molar-refractivity contribution < 1.29 is 17.9 Å². The Hall–Kier alpha value is -1.45. The number of thiazole rings is 1. The Labute approximate surface area is 154 Å². The average Bonchev–Trinajstić information content (AvgIpc) is 3.20. The molecule has 0 N–H and O–H groups in total. The maximum Gasteiger partial charge on any atom is 0.434 e. The van der Waals surface area contributed by atoms with E-state index in [1.165, 1.54) is 0 Å². The zero-order valence-electron chi connectivity index (χ0n) is 15.1. The van der Waals surface area contributed by atoms with Gasteiger partial charge in [0, 0.05) is 44.7 Å². The molecule has 1 aliphatic rings. The molecule has 0 unspecified atom stereocenters. The van der Waals surface area contributed by atoms with E-state index in [0.717, 1.165) is 29.9 Å². The fourth-order valence-corrected chi connectivity index (χ4v) is 4.11. The van der Waals surface area contributed by atoms with Crippen molar-refractivity contribution in [3.8, 4) is 0 Å². The van der Waals surface area contributed by atoms with Crippen LogP contribution in [0.4, 0.5) is 13.2 Å². The topological polar surface area (TPSA) is 43.2 Å². The number of hydrogen-bond acceptors (Lipinski definition) is 5. The van der Waals surface area contributed by atoms with E-state index in [4.69, 9.17) is 4.74 Å². The minimum absolute atomic E-state index is 0.0140. The Morgan fingerprint density at radius 1 is 1.42 bits per heavy atom. The molecule has 1 aliphatic heterocycles. The molecule has 9 heteroatoms. The van der Waals surface area contributed by atoms with Gasteiger partial charge in [0.15, 0.2) is 5.69 Å². The van der Waals surface area contributed by atoms with E-state index >= 15 is 0 Å². The van der Waals surface area contributed by atoms with Crippen molar-refractivity contribution in [2.75, 3.05) is 20.7 Å². The van der Waals surface area contributed by atoms with Crippen molar-refractivity contribution in [3.63, 3.8) is 0 Å². The first-order valence-electron chi connectivity index (χ1n) is 8.55. The van der Waals surface area contributed by atoms with Gasteiger partial charge in [-0.25, -0.2) is 9.97 Å². The number of aromatic nitrogens is 3. The number of hydrogen-bond donors (Lipinski definition) is 0. The summed E-state index contributed by atoms with van der Waals surface area (Å²) >= 11 is 1.58. The predicted octanol–water partition coefficient (Wildman–Crippen LogP) is 3.76. The third-order valence-corrected chi connectivity index (χ3v) is 5.71. The molecule has 2 atom stereocenters. The highest BCUT2D eigenvalue weighted by atomic mass is 32.1. The van der Waals surface area contributed by atoms with Crippen molar-refractivity contribution in [2.45, 2.75) is 45.1 Å². The summed E-state index contributed by atoms with van der Waals surface area (Å²) in [5.41, 5.74) is 0.207. The molecule has 0 aliphatic carbocycles. The highest BCUT2D eigenvalue weighted by Crippen LogP contribution is 2.31. The summed E-state index contributed by atoms with van der Waals surface area (Å²) in [5.74, 6) is 0.840. The third-order valence-electron chi connectivity index (χ3n) is 4.65. The first-order valence-corrected chi connectivity index (χ1v) is 9.43. The molecule has 0 aromatic carbocycles. The number of nitrogens with zero attached hydrogens (tertiary/aromatic N) is 4. The standard InChI is InChI=1S/C17H23F3N4OS/c1-11(25-3)16-21-13(10-26-16)8-23(2)6-12-4-5-15-22-14(17(18,19)20)9-24(15)7-12/h9-12H,4-8H2,1-3H3/t11-,12+/m0/s1. The van der Waals surface area contributed by atoms with Gasteiger partial charge in [-0.2, -0.15) is 13.2 Å². The molecule has 0 amide bonds. The lowest BCUT2D eigenvalue weighted by Gasteiger charge is -2.27. The molecule has 0 radical (unpaired) electrons. The average molecular weight is 388 g/mol. The van der Waals surface area contributed by atoms with E-state index in [2.05, 4.69) is 14.9 Å². The molecule has 144 valence electrons. The summed E-state index contributed by atoms with van der Waals surface area (Å²) in [4.78, 5) is 10.5. The second-order valence-corrected chi connectivity index (χ2v) is 7.74. The van der Waals surface area contributed by atoms with Gasteiger partial charge in [-0.1, -0.05) is 0 Å². The Morgan fingerprint density at radius 3 is 2.88 bits per heavy atom. The Morgan fingerprint density at radius 2 is 2.19 bits per heavy atom. The van der Waals surface area contributed by atoms with Gasteiger partial charge >= 0.3 is 6.18 Å². The first-order chi connectivity index (χ1) is 12.3. The molecule has 2 aromatic rings. The summed E-state index contributed by atoms with van der Waals surface area (Å²) in [6, 6.07) is 0. The van der Waals surface area contributed by atoms with Crippen molar-refractivity contribution in [1.82, 2.24) is 19.4 Å². The fraction of sp³-hybridized carbons (Fsp3) is 0.647. The summed E-state index contributed by atoms with van der Waals surface area (Å²) in [7, 11) is 3.68. The molecule has 0 saturated carbocycles. The van der Waals surface area contributed by atoms with Gasteiger partial charge in [-0.15, -0.1) is 11.3 Å².